The lowest BCUT2D eigenvalue weighted by Crippen LogP contribution is -2.55. The molecule has 3 aliphatic heterocycles. The van der Waals surface area contributed by atoms with E-state index >= 15 is 0 Å². The summed E-state index contributed by atoms with van der Waals surface area (Å²) < 4.78 is 4.88. The summed E-state index contributed by atoms with van der Waals surface area (Å²) in [5.41, 5.74) is 2.96. The number of nitrogens with zero attached hydrogens (tertiary/aromatic N) is 5. The molecule has 2 N–H and O–H groups in total. The van der Waals surface area contributed by atoms with Gasteiger partial charge in [0.05, 0.1) is 23.5 Å². The first-order valence-corrected chi connectivity index (χ1v) is 13.5. The maximum atomic E-state index is 13.1. The fraction of sp³-hybridized carbons (Fsp3) is 0.448. The van der Waals surface area contributed by atoms with Gasteiger partial charge >= 0.3 is 0 Å². The number of hydrogen-bond donors (Lipinski definition) is 2. The molecule has 0 radical (unpaired) electrons. The number of carbonyl (C=O) groups excluding carboxylic acids is 3. The molecule has 0 saturated carbocycles. The van der Waals surface area contributed by atoms with E-state index in [-0.39, 0.29) is 24.8 Å². The van der Waals surface area contributed by atoms with E-state index in [1.807, 2.05) is 26.8 Å². The number of carbonyl (C=O) groups is 3. The molecule has 2 aromatic heterocycles. The first-order valence-electron chi connectivity index (χ1n) is 13.5. The van der Waals surface area contributed by atoms with Crippen molar-refractivity contribution in [1.29, 1.82) is 0 Å². The van der Waals surface area contributed by atoms with Crippen LogP contribution in [0.5, 0.6) is 0 Å². The third-order valence-corrected chi connectivity index (χ3v) is 8.62. The number of rotatable bonds is 5. The smallest absolute Gasteiger partial charge is 0.256 e. The highest BCUT2D eigenvalue weighted by Crippen LogP contribution is 2.46. The van der Waals surface area contributed by atoms with Crippen molar-refractivity contribution in [2.45, 2.75) is 64.8 Å². The van der Waals surface area contributed by atoms with E-state index in [0.717, 1.165) is 23.2 Å². The number of nitrogens with one attached hydrogen (secondary N) is 1. The Morgan fingerprint density at radius 2 is 1.95 bits per heavy atom. The van der Waals surface area contributed by atoms with Gasteiger partial charge in [0.25, 0.3) is 5.91 Å². The molecule has 0 bridgehead atoms. The fourth-order valence-electron chi connectivity index (χ4n) is 6.33. The van der Waals surface area contributed by atoms with Gasteiger partial charge in [0.15, 0.2) is 0 Å². The summed E-state index contributed by atoms with van der Waals surface area (Å²) in [7, 11) is 0. The van der Waals surface area contributed by atoms with Gasteiger partial charge < -0.3 is 14.5 Å². The summed E-state index contributed by atoms with van der Waals surface area (Å²) in [6.07, 6.45) is 2.30. The zero-order valence-corrected chi connectivity index (χ0v) is 22.8. The van der Waals surface area contributed by atoms with Crippen LogP contribution >= 0.6 is 0 Å². The second kappa shape index (κ2) is 9.60. The molecule has 6 rings (SSSR count). The Morgan fingerprint density at radius 1 is 1.15 bits per heavy atom. The first kappa shape index (κ1) is 26.3. The molecule has 2 saturated heterocycles. The predicted molar refractivity (Wildman–Crippen MR) is 142 cm³/mol. The Balaban J connectivity index is 1.17. The van der Waals surface area contributed by atoms with Crippen molar-refractivity contribution in [1.82, 2.24) is 30.2 Å². The first-order chi connectivity index (χ1) is 19.1. The average molecular weight is 545 g/mol. The van der Waals surface area contributed by atoms with E-state index < -0.39 is 23.0 Å². The summed E-state index contributed by atoms with van der Waals surface area (Å²) in [4.78, 5) is 49.8. The van der Waals surface area contributed by atoms with Gasteiger partial charge in [0.1, 0.15) is 11.6 Å². The lowest BCUT2D eigenvalue weighted by molar-refractivity contribution is -0.137. The van der Waals surface area contributed by atoms with Gasteiger partial charge in [0.2, 0.25) is 24.0 Å². The molecule has 0 spiro atoms. The molecular weight excluding hydrogens is 512 g/mol. The maximum absolute atomic E-state index is 13.1. The highest BCUT2D eigenvalue weighted by atomic mass is 16.5. The van der Waals surface area contributed by atoms with E-state index in [1.165, 1.54) is 11.3 Å². The molecule has 0 aliphatic carbocycles. The average Bonchev–Trinajstić information content (AvgIpc) is 3.54. The van der Waals surface area contributed by atoms with Crippen LogP contribution in [0.25, 0.3) is 11.4 Å². The standard InChI is InChI=1S/C29H32N6O5/c1-17-12-18(4-5-19(17)25-30-16-40-33-25)13-34-11-10-29(39,28(2,3)15-34)23-8-6-20-21(31-23)14-35(27(20)38)22-7-9-24(36)32-26(22)37/h4-6,8,12,16,22,39H,7,9-11,13-15H2,1-3H3,(H,32,36,37). The van der Waals surface area contributed by atoms with Crippen LogP contribution in [0.1, 0.15) is 66.0 Å². The van der Waals surface area contributed by atoms with E-state index in [4.69, 9.17) is 9.51 Å². The summed E-state index contributed by atoms with van der Waals surface area (Å²) in [5, 5.41) is 18.3. The Morgan fingerprint density at radius 3 is 2.65 bits per heavy atom. The number of aliphatic hydroxyl groups is 1. The van der Waals surface area contributed by atoms with Gasteiger partial charge in [-0.1, -0.05) is 37.2 Å². The number of likely N-dealkylation sites (tertiary alicyclic amines) is 1. The number of fused-ring (bicyclic) bond motifs is 1. The van der Waals surface area contributed by atoms with E-state index in [0.29, 0.717) is 48.7 Å². The van der Waals surface area contributed by atoms with Crippen LogP contribution < -0.4 is 5.32 Å². The van der Waals surface area contributed by atoms with E-state index in [9.17, 15) is 19.5 Å². The molecule has 2 atom stereocenters. The Kier molecular flexibility index (Phi) is 6.30. The van der Waals surface area contributed by atoms with Crippen LogP contribution in [-0.4, -0.2) is 66.9 Å². The predicted octanol–water partition coefficient (Wildman–Crippen LogP) is 2.32. The van der Waals surface area contributed by atoms with Crippen molar-refractivity contribution in [2.24, 2.45) is 5.41 Å². The Bertz CT molecular complexity index is 1500. The molecule has 5 heterocycles. The molecule has 1 aromatic carbocycles. The van der Waals surface area contributed by atoms with Crippen LogP contribution in [0.4, 0.5) is 0 Å². The number of benzene rings is 1. The lowest BCUT2D eigenvalue weighted by Gasteiger charge is -2.50. The van der Waals surface area contributed by atoms with Crippen LogP contribution in [0.3, 0.4) is 0 Å². The molecule has 2 fully saturated rings. The minimum absolute atomic E-state index is 0.177. The van der Waals surface area contributed by atoms with Crippen molar-refractivity contribution in [2.75, 3.05) is 13.1 Å². The topological polar surface area (TPSA) is 142 Å². The fourth-order valence-corrected chi connectivity index (χ4v) is 6.33. The molecule has 11 nitrogen and oxygen atoms in total. The minimum atomic E-state index is -1.19. The molecule has 208 valence electrons. The molecular formula is C29H32N6O5. The quantitative estimate of drug-likeness (QED) is 0.463. The number of hydrogen-bond acceptors (Lipinski definition) is 9. The monoisotopic (exact) mass is 544 g/mol. The second-order valence-corrected chi connectivity index (χ2v) is 11.7. The van der Waals surface area contributed by atoms with Gasteiger partial charge in [-0.3, -0.25) is 29.6 Å². The van der Waals surface area contributed by atoms with Gasteiger partial charge in [-0.2, -0.15) is 4.98 Å². The summed E-state index contributed by atoms with van der Waals surface area (Å²) in [5.74, 6) is -0.482. The van der Waals surface area contributed by atoms with Gasteiger partial charge in [-0.05, 0) is 43.0 Å². The van der Waals surface area contributed by atoms with Gasteiger partial charge in [0, 0.05) is 37.0 Å². The van der Waals surface area contributed by atoms with E-state index in [2.05, 4.69) is 32.5 Å². The third kappa shape index (κ3) is 4.39. The number of aryl methyl sites for hydroxylation is 1. The summed E-state index contributed by atoms with van der Waals surface area (Å²) >= 11 is 0. The molecule has 11 heteroatoms. The highest BCUT2D eigenvalue weighted by molar-refractivity contribution is 6.05. The maximum Gasteiger partial charge on any atom is 0.256 e. The Labute approximate surface area is 231 Å². The number of aromatic nitrogens is 3. The largest absolute Gasteiger partial charge is 0.383 e. The van der Waals surface area contributed by atoms with Gasteiger partial charge in [-0.15, -0.1) is 0 Å². The van der Waals surface area contributed by atoms with Crippen molar-refractivity contribution in [3.8, 4) is 11.4 Å². The zero-order valence-electron chi connectivity index (χ0n) is 22.8. The van der Waals surface area contributed by atoms with Crippen LogP contribution in [0, 0.1) is 12.3 Å². The Hall–Kier alpha value is -3.96. The number of imide groups is 1. The molecule has 3 aliphatic rings. The van der Waals surface area contributed by atoms with Crippen LogP contribution in [-0.2, 0) is 28.3 Å². The normalized spacial score (nSPS) is 24.8. The number of piperidine rings is 2. The van der Waals surface area contributed by atoms with E-state index in [1.54, 1.807) is 12.1 Å². The zero-order chi connectivity index (χ0) is 28.2. The van der Waals surface area contributed by atoms with Crippen molar-refractivity contribution in [3.05, 3.63) is 64.8 Å². The highest BCUT2D eigenvalue weighted by Gasteiger charge is 2.50. The van der Waals surface area contributed by atoms with Crippen LogP contribution in [0.2, 0.25) is 0 Å². The number of pyridine rings is 1. The van der Waals surface area contributed by atoms with Crippen molar-refractivity contribution < 1.29 is 24.0 Å². The minimum Gasteiger partial charge on any atom is -0.383 e. The number of amides is 3. The van der Waals surface area contributed by atoms with Gasteiger partial charge in [-0.25, -0.2) is 0 Å². The molecule has 2 unspecified atom stereocenters. The molecule has 40 heavy (non-hydrogen) atoms. The van der Waals surface area contributed by atoms with Crippen LogP contribution in [0.15, 0.2) is 41.2 Å². The molecule has 3 aromatic rings. The second-order valence-electron chi connectivity index (χ2n) is 11.7. The third-order valence-electron chi connectivity index (χ3n) is 8.62. The summed E-state index contributed by atoms with van der Waals surface area (Å²) in [6.45, 7) is 8.34. The van der Waals surface area contributed by atoms with Crippen molar-refractivity contribution >= 4 is 17.7 Å². The van der Waals surface area contributed by atoms with Crippen molar-refractivity contribution in [3.63, 3.8) is 0 Å². The summed E-state index contributed by atoms with van der Waals surface area (Å²) in [6, 6.07) is 8.96. The molecule has 3 amide bonds. The SMILES string of the molecule is Cc1cc(CN2CCC(O)(c3ccc4c(n3)CN(C3CCC(=O)NC3=O)C4=O)C(C)(C)C2)ccc1-c1ncon1. The lowest BCUT2D eigenvalue weighted by atomic mass is 9.68.